The number of aromatic hydroxyl groups is 1. The van der Waals surface area contributed by atoms with E-state index in [4.69, 9.17) is 0 Å². The monoisotopic (exact) mass is 425 g/mol. The number of nitrogens with one attached hydrogen (secondary N) is 1. The van der Waals surface area contributed by atoms with Crippen molar-refractivity contribution >= 4 is 21.8 Å². The van der Waals surface area contributed by atoms with Crippen LogP contribution in [0.3, 0.4) is 0 Å². The molecule has 2 N–H and O–H groups in total. The quantitative estimate of drug-likeness (QED) is 0.402. The molecular formula is C18H17F6NO2S. The predicted molar refractivity (Wildman–Crippen MR) is 97.0 cm³/mol. The summed E-state index contributed by atoms with van der Waals surface area (Å²) in [4.78, 5) is 10.2. The summed E-state index contributed by atoms with van der Waals surface area (Å²) in [5.41, 5.74) is 0.667. The molecule has 0 aliphatic rings. The van der Waals surface area contributed by atoms with Gasteiger partial charge in [-0.1, -0.05) is 31.1 Å². The lowest BCUT2D eigenvalue weighted by Crippen LogP contribution is -2.13. The van der Waals surface area contributed by atoms with Crippen LogP contribution in [0.2, 0.25) is 0 Å². The third kappa shape index (κ3) is 5.44. The molecule has 154 valence electrons. The zero-order valence-corrected chi connectivity index (χ0v) is 15.6. The fraction of sp³-hybridized carbons (Fsp3) is 0.167. The second-order valence-electron chi connectivity index (χ2n) is 6.40. The highest BCUT2D eigenvalue weighted by Gasteiger charge is 2.65. The Morgan fingerprint density at radius 3 is 2.14 bits per heavy atom. The number of carbonyl (C=O) groups is 1. The molecule has 0 aromatic heterocycles. The van der Waals surface area contributed by atoms with Crippen LogP contribution in [0.4, 0.5) is 29.5 Å². The Balaban J connectivity index is 2.27. The summed E-state index contributed by atoms with van der Waals surface area (Å²) in [6, 6.07) is 3.66. The summed E-state index contributed by atoms with van der Waals surface area (Å²) in [6.45, 7) is 3.58. The molecule has 2 aromatic rings. The first-order valence-electron chi connectivity index (χ1n) is 7.87. The molecule has 28 heavy (non-hydrogen) atoms. The summed E-state index contributed by atoms with van der Waals surface area (Å²) < 4.78 is 77.4. The molecule has 1 amide bonds. The summed E-state index contributed by atoms with van der Waals surface area (Å²) in [5.74, 6) is -2.53. The molecular weight excluding hydrogens is 408 g/mol. The van der Waals surface area contributed by atoms with E-state index in [9.17, 15) is 33.7 Å². The molecule has 0 saturated heterocycles. The third-order valence-corrected chi connectivity index (χ3v) is 4.86. The van der Waals surface area contributed by atoms with Crippen LogP contribution < -0.4 is 5.32 Å². The van der Waals surface area contributed by atoms with Crippen molar-refractivity contribution in [3.05, 3.63) is 65.0 Å². The molecule has 0 unspecified atom stereocenters. The number of anilines is 1. The van der Waals surface area contributed by atoms with Crippen molar-refractivity contribution in [1.29, 1.82) is 0 Å². The fourth-order valence-corrected chi connectivity index (χ4v) is 2.91. The number of carbonyl (C=O) groups excluding carboxylic acids is 1. The van der Waals surface area contributed by atoms with Gasteiger partial charge in [-0.05, 0) is 56.7 Å². The van der Waals surface area contributed by atoms with Gasteiger partial charge in [0.05, 0.1) is 0 Å². The maximum atomic E-state index is 13.9. The number of phenols is 1. The molecule has 10 heteroatoms. The van der Waals surface area contributed by atoms with E-state index in [2.05, 4.69) is 5.32 Å². The van der Waals surface area contributed by atoms with Gasteiger partial charge in [0.15, 0.2) is 11.6 Å². The highest BCUT2D eigenvalue weighted by molar-refractivity contribution is 8.45. The van der Waals surface area contributed by atoms with E-state index < -0.39 is 32.6 Å². The lowest BCUT2D eigenvalue weighted by molar-refractivity contribution is 0.102. The van der Waals surface area contributed by atoms with E-state index in [1.54, 1.807) is 19.9 Å². The third-order valence-electron chi connectivity index (χ3n) is 3.69. The number of hydrogen-bond acceptors (Lipinski definition) is 2. The minimum atomic E-state index is -9.80. The number of hydrogen-bond donors (Lipinski definition) is 2. The molecule has 0 spiro atoms. The van der Waals surface area contributed by atoms with Gasteiger partial charge in [0, 0.05) is 16.8 Å². The summed E-state index contributed by atoms with van der Waals surface area (Å²) >= 11 is 0. The molecule has 2 rings (SSSR count). The largest absolute Gasteiger partial charge is 0.505 e. The van der Waals surface area contributed by atoms with Crippen LogP contribution in [0, 0.1) is 5.82 Å². The van der Waals surface area contributed by atoms with Crippen molar-refractivity contribution in [2.75, 3.05) is 5.32 Å². The number of rotatable bonds is 5. The highest BCUT2D eigenvalue weighted by Crippen LogP contribution is 3.02. The fourth-order valence-electron chi connectivity index (χ4n) is 2.26. The topological polar surface area (TPSA) is 49.3 Å². The molecule has 0 heterocycles. The maximum Gasteiger partial charge on any atom is 0.310 e. The first-order chi connectivity index (χ1) is 12.6. The van der Waals surface area contributed by atoms with Gasteiger partial charge in [-0.15, -0.1) is 0 Å². The first kappa shape index (κ1) is 21.7. The van der Waals surface area contributed by atoms with Crippen molar-refractivity contribution in [2.24, 2.45) is 0 Å². The Morgan fingerprint density at radius 1 is 1.07 bits per heavy atom. The maximum absolute atomic E-state index is 13.9. The van der Waals surface area contributed by atoms with Crippen LogP contribution in [0.25, 0.3) is 0 Å². The minimum Gasteiger partial charge on any atom is -0.505 e. The molecule has 3 nitrogen and oxygen atoms in total. The molecule has 0 radical (unpaired) electrons. The van der Waals surface area contributed by atoms with E-state index in [1.807, 2.05) is 0 Å². The number of halogens is 6. The Kier molecular flexibility index (Phi) is 5.01. The molecule has 0 atom stereocenters. The zero-order chi connectivity index (χ0) is 21.4. The molecule has 0 aliphatic carbocycles. The van der Waals surface area contributed by atoms with Crippen molar-refractivity contribution < 1.29 is 33.7 Å². The Morgan fingerprint density at radius 2 is 1.64 bits per heavy atom. The summed E-state index contributed by atoms with van der Waals surface area (Å²) in [7, 11) is -9.80. The van der Waals surface area contributed by atoms with E-state index in [-0.39, 0.29) is 35.4 Å². The molecule has 0 fully saturated rings. The Bertz CT molecular complexity index is 949. The van der Waals surface area contributed by atoms with Crippen LogP contribution in [-0.2, 0) is 6.42 Å². The average molecular weight is 425 g/mol. The van der Waals surface area contributed by atoms with E-state index in [0.29, 0.717) is 12.1 Å². The summed E-state index contributed by atoms with van der Waals surface area (Å²) in [5, 5.41) is 12.0. The van der Waals surface area contributed by atoms with Gasteiger partial charge in [-0.2, -0.15) is 0 Å². The zero-order valence-electron chi connectivity index (χ0n) is 14.8. The normalized spacial score (nSPS) is 14.0. The van der Waals surface area contributed by atoms with Crippen molar-refractivity contribution in [1.82, 2.24) is 0 Å². The van der Waals surface area contributed by atoms with Crippen molar-refractivity contribution in [3.8, 4) is 5.75 Å². The van der Waals surface area contributed by atoms with Gasteiger partial charge in [0.1, 0.15) is 4.90 Å². The lowest BCUT2D eigenvalue weighted by Gasteiger charge is -2.40. The lowest BCUT2D eigenvalue weighted by atomic mass is 10.0. The van der Waals surface area contributed by atoms with Crippen LogP contribution in [0.1, 0.15) is 29.8 Å². The number of allylic oxidation sites excluding steroid dienone is 2. The smallest absolute Gasteiger partial charge is 0.310 e. The predicted octanol–water partition coefficient (Wildman–Crippen LogP) is 6.95. The molecule has 0 bridgehead atoms. The highest BCUT2D eigenvalue weighted by atomic mass is 32.5. The van der Waals surface area contributed by atoms with Gasteiger partial charge in [-0.25, -0.2) is 4.39 Å². The van der Waals surface area contributed by atoms with Crippen molar-refractivity contribution in [3.63, 3.8) is 0 Å². The number of phenolic OH excluding ortho intramolecular Hbond substituents is 1. The first-order valence-corrected chi connectivity index (χ1v) is 9.82. The van der Waals surface area contributed by atoms with Crippen LogP contribution in [0.5, 0.6) is 5.75 Å². The van der Waals surface area contributed by atoms with E-state index in [1.165, 1.54) is 6.07 Å². The molecule has 0 aliphatic heterocycles. The number of amides is 1. The minimum absolute atomic E-state index is 0.141. The van der Waals surface area contributed by atoms with Crippen LogP contribution in [-0.4, -0.2) is 11.0 Å². The second kappa shape index (κ2) is 6.47. The van der Waals surface area contributed by atoms with Gasteiger partial charge >= 0.3 is 10.2 Å². The number of benzene rings is 2. The van der Waals surface area contributed by atoms with Crippen LogP contribution in [0.15, 0.2) is 52.9 Å². The van der Waals surface area contributed by atoms with Gasteiger partial charge in [0.2, 0.25) is 0 Å². The van der Waals surface area contributed by atoms with Gasteiger partial charge in [0.25, 0.3) is 5.91 Å². The Labute approximate surface area is 157 Å². The average Bonchev–Trinajstić information content (AvgIpc) is 2.54. The van der Waals surface area contributed by atoms with Crippen LogP contribution >= 0.6 is 10.2 Å². The van der Waals surface area contributed by atoms with E-state index in [0.717, 1.165) is 11.6 Å². The standard InChI is InChI=1S/C18H17F6NO2S/c1-11(2)3-4-12-9-13(10-16(19)17(12)26)18(27)25-14-5-7-15(8-6-14)28(20,21,22,23)24/h3,5-10,26H,4H2,1-2H3,(H,25,27). The molecule has 0 saturated carbocycles. The van der Waals surface area contributed by atoms with Crippen molar-refractivity contribution in [2.45, 2.75) is 25.2 Å². The summed E-state index contributed by atoms with van der Waals surface area (Å²) in [6.07, 6.45) is 1.86. The van der Waals surface area contributed by atoms with Gasteiger partial charge in [-0.3, -0.25) is 4.79 Å². The SMILES string of the molecule is CC(C)=CCc1cc(C(=O)Nc2ccc(S(F)(F)(F)(F)F)cc2)cc(F)c1O. The Hall–Kier alpha value is -2.62. The van der Waals surface area contributed by atoms with Gasteiger partial charge < -0.3 is 10.4 Å². The van der Waals surface area contributed by atoms with E-state index >= 15 is 0 Å². The molecule has 2 aromatic carbocycles. The second-order valence-corrected chi connectivity index (χ2v) is 8.81.